The fraction of sp³-hybridized carbons (Fsp3) is 0.600. The van der Waals surface area contributed by atoms with Crippen LogP contribution in [-0.4, -0.2) is 59.1 Å². The summed E-state index contributed by atoms with van der Waals surface area (Å²) in [5.74, 6) is 1.37. The molecule has 0 spiro atoms. The maximum absolute atomic E-state index is 12.6. The topological polar surface area (TPSA) is 53.4 Å². The van der Waals surface area contributed by atoms with Crippen LogP contribution in [0.3, 0.4) is 0 Å². The Morgan fingerprint density at radius 3 is 2.61 bits per heavy atom. The summed E-state index contributed by atoms with van der Waals surface area (Å²) in [6.45, 7) is 7.21. The minimum absolute atomic E-state index is 0.133. The van der Waals surface area contributed by atoms with E-state index >= 15 is 0 Å². The second-order valence-corrected chi connectivity index (χ2v) is 8.96. The van der Waals surface area contributed by atoms with E-state index in [-0.39, 0.29) is 11.8 Å². The molecule has 1 atom stereocenters. The third-order valence-corrected chi connectivity index (χ3v) is 6.97. The molecule has 2 aromatic heterocycles. The van der Waals surface area contributed by atoms with Crippen LogP contribution >= 0.6 is 0 Å². The zero-order valence-corrected chi connectivity index (χ0v) is 18.9. The zero-order valence-electron chi connectivity index (χ0n) is 18.9. The molecule has 1 amide bonds. The van der Waals surface area contributed by atoms with Crippen molar-refractivity contribution in [2.75, 3.05) is 37.6 Å². The molecular formula is C25H37N5O. The summed E-state index contributed by atoms with van der Waals surface area (Å²) in [6.07, 6.45) is 14.1. The summed E-state index contributed by atoms with van der Waals surface area (Å²) in [7, 11) is 0. The molecule has 2 aliphatic rings. The lowest BCUT2D eigenvalue weighted by Crippen LogP contribution is -2.42. The first-order chi connectivity index (χ1) is 15.2. The maximum Gasteiger partial charge on any atom is 0.223 e. The third-order valence-electron chi connectivity index (χ3n) is 6.97. The Bertz CT molecular complexity index is 796. The normalized spacial score (nSPS) is 20.7. The number of hydrogen-bond acceptors (Lipinski definition) is 4. The van der Waals surface area contributed by atoms with Gasteiger partial charge in [-0.25, -0.2) is 4.98 Å². The first kappa shape index (κ1) is 21.9. The molecule has 1 N–H and O–H groups in total. The number of anilines is 1. The van der Waals surface area contributed by atoms with E-state index < -0.39 is 0 Å². The van der Waals surface area contributed by atoms with Crippen molar-refractivity contribution in [1.29, 1.82) is 0 Å². The molecule has 2 fully saturated rings. The summed E-state index contributed by atoms with van der Waals surface area (Å²) in [5.41, 5.74) is 1.07. The smallest absolute Gasteiger partial charge is 0.223 e. The van der Waals surface area contributed by atoms with Gasteiger partial charge in [-0.2, -0.15) is 0 Å². The molecule has 0 saturated carbocycles. The number of carbonyl (C=O) groups is 1. The van der Waals surface area contributed by atoms with E-state index in [1.165, 1.54) is 32.2 Å². The number of likely N-dealkylation sites (tertiary alicyclic amines) is 1. The Labute approximate surface area is 186 Å². The van der Waals surface area contributed by atoms with Gasteiger partial charge in [-0.1, -0.05) is 13.3 Å². The summed E-state index contributed by atoms with van der Waals surface area (Å²) in [6, 6.07) is 8.96. The SMILES string of the molecule is CCC1CCCCN1CCCNC(=O)C1CCN(c2ccc(-n3cccc3)cn2)CC1. The van der Waals surface area contributed by atoms with E-state index in [0.29, 0.717) is 0 Å². The lowest BCUT2D eigenvalue weighted by atomic mass is 9.96. The lowest BCUT2D eigenvalue weighted by Gasteiger charge is -2.35. The molecule has 0 aliphatic carbocycles. The number of amides is 1. The Hall–Kier alpha value is -2.34. The minimum atomic E-state index is 0.133. The fourth-order valence-corrected chi connectivity index (χ4v) is 5.05. The van der Waals surface area contributed by atoms with Crippen molar-refractivity contribution in [3.8, 4) is 5.69 Å². The average Bonchev–Trinajstić information content (AvgIpc) is 3.37. The van der Waals surface area contributed by atoms with Gasteiger partial charge in [0.05, 0.1) is 11.9 Å². The van der Waals surface area contributed by atoms with Gasteiger partial charge in [0.2, 0.25) is 5.91 Å². The molecule has 168 valence electrons. The van der Waals surface area contributed by atoms with Gasteiger partial charge < -0.3 is 19.7 Å². The first-order valence-electron chi connectivity index (χ1n) is 12.1. The van der Waals surface area contributed by atoms with Crippen LogP contribution in [0, 0.1) is 5.92 Å². The molecule has 6 heteroatoms. The van der Waals surface area contributed by atoms with Gasteiger partial charge in [-0.15, -0.1) is 0 Å². The van der Waals surface area contributed by atoms with Crippen LogP contribution < -0.4 is 10.2 Å². The second kappa shape index (κ2) is 10.8. The number of pyridine rings is 1. The lowest BCUT2D eigenvalue weighted by molar-refractivity contribution is -0.125. The number of piperidine rings is 2. The molecule has 6 nitrogen and oxygen atoms in total. The van der Waals surface area contributed by atoms with Crippen LogP contribution in [0.4, 0.5) is 5.82 Å². The van der Waals surface area contributed by atoms with E-state index in [4.69, 9.17) is 0 Å². The molecule has 1 unspecified atom stereocenters. The van der Waals surface area contributed by atoms with Crippen molar-refractivity contribution in [3.63, 3.8) is 0 Å². The Balaban J connectivity index is 1.17. The zero-order chi connectivity index (χ0) is 21.5. The van der Waals surface area contributed by atoms with Gasteiger partial charge in [-0.05, 0) is 69.3 Å². The van der Waals surface area contributed by atoms with Gasteiger partial charge in [-0.3, -0.25) is 4.79 Å². The van der Waals surface area contributed by atoms with Gasteiger partial charge in [0.1, 0.15) is 5.82 Å². The monoisotopic (exact) mass is 423 g/mol. The summed E-state index contributed by atoms with van der Waals surface area (Å²) in [4.78, 5) is 22.2. The third kappa shape index (κ3) is 5.67. The van der Waals surface area contributed by atoms with E-state index in [2.05, 4.69) is 43.7 Å². The van der Waals surface area contributed by atoms with E-state index in [9.17, 15) is 4.79 Å². The molecule has 4 heterocycles. The molecule has 31 heavy (non-hydrogen) atoms. The van der Waals surface area contributed by atoms with E-state index in [0.717, 1.165) is 63.0 Å². The van der Waals surface area contributed by atoms with Crippen LogP contribution in [0.1, 0.15) is 51.9 Å². The van der Waals surface area contributed by atoms with Crippen molar-refractivity contribution in [3.05, 3.63) is 42.9 Å². The van der Waals surface area contributed by atoms with Gasteiger partial charge in [0.25, 0.3) is 0 Å². The van der Waals surface area contributed by atoms with E-state index in [1.807, 2.05) is 30.7 Å². The van der Waals surface area contributed by atoms with Crippen LogP contribution in [0.25, 0.3) is 5.69 Å². The molecule has 2 aliphatic heterocycles. The fourth-order valence-electron chi connectivity index (χ4n) is 5.05. The number of nitrogens with one attached hydrogen (secondary N) is 1. The molecule has 0 radical (unpaired) electrons. The van der Waals surface area contributed by atoms with Gasteiger partial charge in [0.15, 0.2) is 0 Å². The molecule has 2 aromatic rings. The number of hydrogen-bond donors (Lipinski definition) is 1. The predicted octanol–water partition coefficient (Wildman–Crippen LogP) is 3.86. The van der Waals surface area contributed by atoms with Crippen molar-refractivity contribution in [1.82, 2.24) is 19.8 Å². The summed E-state index contributed by atoms with van der Waals surface area (Å²) in [5, 5.41) is 3.20. The number of rotatable bonds is 8. The van der Waals surface area contributed by atoms with Crippen molar-refractivity contribution in [2.45, 2.75) is 57.9 Å². The second-order valence-electron chi connectivity index (χ2n) is 8.96. The van der Waals surface area contributed by atoms with Crippen LogP contribution in [0.15, 0.2) is 42.9 Å². The average molecular weight is 424 g/mol. The largest absolute Gasteiger partial charge is 0.357 e. The van der Waals surface area contributed by atoms with Gasteiger partial charge in [0, 0.05) is 50.5 Å². The van der Waals surface area contributed by atoms with Crippen LogP contribution in [0.5, 0.6) is 0 Å². The highest BCUT2D eigenvalue weighted by molar-refractivity contribution is 5.78. The van der Waals surface area contributed by atoms with Crippen molar-refractivity contribution < 1.29 is 4.79 Å². The quantitative estimate of drug-likeness (QED) is 0.655. The standard InChI is InChI=1S/C25H37N5O/c1-2-22-8-3-4-14-28(22)17-7-13-26-25(31)21-11-18-30(19-12-21)24-10-9-23(20-27-24)29-15-5-6-16-29/h5-6,9-10,15-16,20-22H,2-4,7-8,11-14,17-19H2,1H3,(H,26,31). The molecule has 0 aromatic carbocycles. The van der Waals surface area contributed by atoms with E-state index in [1.54, 1.807) is 0 Å². The number of aromatic nitrogens is 2. The highest BCUT2D eigenvalue weighted by atomic mass is 16.1. The first-order valence-corrected chi connectivity index (χ1v) is 12.1. The molecule has 0 bridgehead atoms. The summed E-state index contributed by atoms with van der Waals surface area (Å²) < 4.78 is 2.06. The maximum atomic E-state index is 12.6. The van der Waals surface area contributed by atoms with Crippen LogP contribution in [0.2, 0.25) is 0 Å². The Morgan fingerprint density at radius 2 is 1.90 bits per heavy atom. The van der Waals surface area contributed by atoms with Crippen LogP contribution in [-0.2, 0) is 4.79 Å². The van der Waals surface area contributed by atoms with Gasteiger partial charge >= 0.3 is 0 Å². The minimum Gasteiger partial charge on any atom is -0.357 e. The Morgan fingerprint density at radius 1 is 1.10 bits per heavy atom. The Kier molecular flexibility index (Phi) is 7.62. The summed E-state index contributed by atoms with van der Waals surface area (Å²) >= 11 is 0. The molecular weight excluding hydrogens is 386 g/mol. The van der Waals surface area contributed by atoms with Crippen molar-refractivity contribution >= 4 is 11.7 Å². The molecule has 4 rings (SSSR count). The van der Waals surface area contributed by atoms with Crippen molar-refractivity contribution in [2.24, 2.45) is 5.92 Å². The number of carbonyl (C=O) groups excluding carboxylic acids is 1. The number of nitrogens with zero attached hydrogens (tertiary/aromatic N) is 4. The predicted molar refractivity (Wildman–Crippen MR) is 126 cm³/mol. The highest BCUT2D eigenvalue weighted by Gasteiger charge is 2.25. The highest BCUT2D eigenvalue weighted by Crippen LogP contribution is 2.23. The molecule has 2 saturated heterocycles.